The third-order valence-electron chi connectivity index (χ3n) is 2.37. The number of hydrogen-bond donors (Lipinski definition) is 1. The molecule has 0 aliphatic rings. The van der Waals surface area contributed by atoms with Gasteiger partial charge in [0.15, 0.2) is 0 Å². The van der Waals surface area contributed by atoms with Crippen LogP contribution in [-0.2, 0) is 4.74 Å². The normalized spacial score (nSPS) is 10.6. The molecule has 78 valence electrons. The number of H-pyrrole nitrogens is 1. The number of rotatable bonds is 1. The van der Waals surface area contributed by atoms with E-state index in [4.69, 9.17) is 0 Å². The van der Waals surface area contributed by atoms with Crippen LogP contribution in [0, 0.1) is 6.92 Å². The number of aromatic nitrogens is 1. The summed E-state index contributed by atoms with van der Waals surface area (Å²) in [7, 11) is 1.37. The third kappa shape index (κ3) is 1.65. The molecule has 0 amide bonds. The lowest BCUT2D eigenvalue weighted by Gasteiger charge is -1.96. The van der Waals surface area contributed by atoms with Gasteiger partial charge < -0.3 is 9.72 Å². The van der Waals surface area contributed by atoms with Gasteiger partial charge in [-0.3, -0.25) is 0 Å². The summed E-state index contributed by atoms with van der Waals surface area (Å²) in [6, 6.07) is 5.76. The number of benzene rings is 1. The van der Waals surface area contributed by atoms with Gasteiger partial charge in [0, 0.05) is 9.86 Å². The highest BCUT2D eigenvalue weighted by Gasteiger charge is 2.11. The summed E-state index contributed by atoms with van der Waals surface area (Å²) in [6.07, 6.45) is 0. The van der Waals surface area contributed by atoms with Crippen molar-refractivity contribution in [2.45, 2.75) is 6.92 Å². The van der Waals surface area contributed by atoms with Crippen LogP contribution in [0.1, 0.15) is 16.1 Å². The predicted octanol–water partition coefficient (Wildman–Crippen LogP) is 3.03. The molecule has 1 heterocycles. The highest BCUT2D eigenvalue weighted by atomic mass is 79.9. The van der Waals surface area contributed by atoms with E-state index in [2.05, 4.69) is 25.7 Å². The number of carbonyl (C=O) groups is 1. The summed E-state index contributed by atoms with van der Waals surface area (Å²) in [5.41, 5.74) is 2.53. The lowest BCUT2D eigenvalue weighted by Crippen LogP contribution is -2.00. The lowest BCUT2D eigenvalue weighted by molar-refractivity contribution is 0.0595. The van der Waals surface area contributed by atoms with E-state index in [1.54, 1.807) is 6.07 Å². The van der Waals surface area contributed by atoms with Gasteiger partial charge in [-0.1, -0.05) is 6.07 Å². The molecular formula is C11H10BrNO2. The topological polar surface area (TPSA) is 42.1 Å². The minimum absolute atomic E-state index is 0.350. The molecule has 0 spiro atoms. The lowest BCUT2D eigenvalue weighted by atomic mass is 10.1. The molecule has 0 saturated heterocycles. The molecule has 0 aliphatic heterocycles. The Morgan fingerprint density at radius 3 is 2.80 bits per heavy atom. The fourth-order valence-corrected chi connectivity index (χ4v) is 1.99. The first-order valence-electron chi connectivity index (χ1n) is 4.49. The number of carbonyl (C=O) groups excluding carboxylic acids is 1. The van der Waals surface area contributed by atoms with Crippen LogP contribution in [0.4, 0.5) is 0 Å². The molecule has 2 rings (SSSR count). The Morgan fingerprint density at radius 2 is 2.20 bits per heavy atom. The van der Waals surface area contributed by atoms with E-state index in [1.807, 2.05) is 19.1 Å². The number of fused-ring (bicyclic) bond motifs is 1. The number of halogens is 1. The molecule has 0 aliphatic carbocycles. The van der Waals surface area contributed by atoms with E-state index in [9.17, 15) is 4.79 Å². The van der Waals surface area contributed by atoms with Crippen LogP contribution in [0.5, 0.6) is 0 Å². The maximum absolute atomic E-state index is 11.3. The number of aromatic amines is 1. The maximum atomic E-state index is 11.3. The summed E-state index contributed by atoms with van der Waals surface area (Å²) in [4.78, 5) is 14.4. The number of hydrogen-bond acceptors (Lipinski definition) is 2. The third-order valence-corrected chi connectivity index (χ3v) is 3.03. The van der Waals surface area contributed by atoms with Crippen molar-refractivity contribution < 1.29 is 9.53 Å². The van der Waals surface area contributed by atoms with E-state index in [0.717, 1.165) is 20.9 Å². The molecule has 0 unspecified atom stereocenters. The van der Waals surface area contributed by atoms with Gasteiger partial charge >= 0.3 is 5.97 Å². The first kappa shape index (κ1) is 10.2. The minimum Gasteiger partial charge on any atom is -0.464 e. The van der Waals surface area contributed by atoms with E-state index in [-0.39, 0.29) is 5.97 Å². The molecule has 0 radical (unpaired) electrons. The number of esters is 1. The van der Waals surface area contributed by atoms with Crippen molar-refractivity contribution in [2.75, 3.05) is 7.11 Å². The SMILES string of the molecule is COC(=O)c1cc2c(C)ccc(Br)c2[nH]1. The Balaban J connectivity index is 2.70. The van der Waals surface area contributed by atoms with Crippen LogP contribution in [0.25, 0.3) is 10.9 Å². The van der Waals surface area contributed by atoms with Crippen molar-refractivity contribution >= 4 is 32.8 Å². The number of aryl methyl sites for hydroxylation is 1. The molecule has 0 bridgehead atoms. The van der Waals surface area contributed by atoms with Gasteiger partial charge in [0.05, 0.1) is 12.6 Å². The molecule has 4 heteroatoms. The summed E-state index contributed by atoms with van der Waals surface area (Å²) in [5.74, 6) is -0.350. The van der Waals surface area contributed by atoms with E-state index in [1.165, 1.54) is 7.11 Å². The van der Waals surface area contributed by atoms with Gasteiger partial charge in [-0.25, -0.2) is 4.79 Å². The Labute approximate surface area is 95.6 Å². The molecule has 1 N–H and O–H groups in total. The molecule has 0 fully saturated rings. The van der Waals surface area contributed by atoms with E-state index < -0.39 is 0 Å². The molecule has 0 atom stereocenters. The summed E-state index contributed by atoms with van der Waals surface area (Å²) < 4.78 is 5.60. The van der Waals surface area contributed by atoms with Crippen LogP contribution in [-0.4, -0.2) is 18.1 Å². The monoisotopic (exact) mass is 267 g/mol. The fraction of sp³-hybridized carbons (Fsp3) is 0.182. The first-order valence-corrected chi connectivity index (χ1v) is 5.29. The predicted molar refractivity (Wildman–Crippen MR) is 62.1 cm³/mol. The molecule has 1 aromatic carbocycles. The second kappa shape index (κ2) is 3.70. The van der Waals surface area contributed by atoms with Crippen molar-refractivity contribution in [1.29, 1.82) is 0 Å². The molecule has 15 heavy (non-hydrogen) atoms. The highest BCUT2D eigenvalue weighted by molar-refractivity contribution is 9.10. The second-order valence-corrected chi connectivity index (χ2v) is 4.18. The summed E-state index contributed by atoms with van der Waals surface area (Å²) in [5, 5.41) is 1.03. The zero-order valence-corrected chi connectivity index (χ0v) is 10.0. The van der Waals surface area contributed by atoms with Crippen molar-refractivity contribution in [3.63, 3.8) is 0 Å². The Hall–Kier alpha value is -1.29. The minimum atomic E-state index is -0.350. The Kier molecular flexibility index (Phi) is 2.52. The van der Waals surface area contributed by atoms with Crippen molar-refractivity contribution in [1.82, 2.24) is 4.98 Å². The fourth-order valence-electron chi connectivity index (χ4n) is 1.55. The van der Waals surface area contributed by atoms with Gasteiger partial charge in [0.1, 0.15) is 5.69 Å². The van der Waals surface area contributed by atoms with Crippen molar-refractivity contribution in [3.8, 4) is 0 Å². The molecule has 3 nitrogen and oxygen atoms in total. The van der Waals surface area contributed by atoms with E-state index in [0.29, 0.717) is 5.69 Å². The number of ether oxygens (including phenoxy) is 1. The highest BCUT2D eigenvalue weighted by Crippen LogP contribution is 2.27. The second-order valence-electron chi connectivity index (χ2n) is 3.33. The standard InChI is InChI=1S/C11H10BrNO2/c1-6-3-4-8(12)10-7(6)5-9(13-10)11(14)15-2/h3-5,13H,1-2H3. The largest absolute Gasteiger partial charge is 0.464 e. The maximum Gasteiger partial charge on any atom is 0.354 e. The quantitative estimate of drug-likeness (QED) is 0.808. The smallest absolute Gasteiger partial charge is 0.354 e. The zero-order chi connectivity index (χ0) is 11.0. The van der Waals surface area contributed by atoms with Crippen LogP contribution < -0.4 is 0 Å². The molecular weight excluding hydrogens is 258 g/mol. The zero-order valence-electron chi connectivity index (χ0n) is 8.43. The molecule has 1 aromatic heterocycles. The van der Waals surface area contributed by atoms with Gasteiger partial charge in [0.25, 0.3) is 0 Å². The summed E-state index contributed by atoms with van der Waals surface area (Å²) >= 11 is 3.43. The number of nitrogens with one attached hydrogen (secondary N) is 1. The van der Waals surface area contributed by atoms with Crippen molar-refractivity contribution in [2.24, 2.45) is 0 Å². The molecule has 2 aromatic rings. The van der Waals surface area contributed by atoms with Gasteiger partial charge in [0.2, 0.25) is 0 Å². The van der Waals surface area contributed by atoms with Crippen LogP contribution in [0.3, 0.4) is 0 Å². The van der Waals surface area contributed by atoms with Gasteiger partial charge in [-0.2, -0.15) is 0 Å². The Morgan fingerprint density at radius 1 is 1.47 bits per heavy atom. The van der Waals surface area contributed by atoms with Crippen LogP contribution in [0.15, 0.2) is 22.7 Å². The first-order chi connectivity index (χ1) is 7.13. The van der Waals surface area contributed by atoms with Gasteiger partial charge in [-0.05, 0) is 40.5 Å². The molecule has 0 saturated carbocycles. The van der Waals surface area contributed by atoms with Gasteiger partial charge in [-0.15, -0.1) is 0 Å². The van der Waals surface area contributed by atoms with Crippen molar-refractivity contribution in [3.05, 3.63) is 33.9 Å². The van der Waals surface area contributed by atoms with Crippen LogP contribution >= 0.6 is 15.9 Å². The average Bonchev–Trinajstić information content (AvgIpc) is 2.68. The van der Waals surface area contributed by atoms with Crippen LogP contribution in [0.2, 0.25) is 0 Å². The summed E-state index contributed by atoms with van der Waals surface area (Å²) in [6.45, 7) is 2.00. The Bertz CT molecular complexity index is 492. The van der Waals surface area contributed by atoms with E-state index >= 15 is 0 Å². The number of methoxy groups -OCH3 is 1. The average molecular weight is 268 g/mol.